The van der Waals surface area contributed by atoms with Crippen molar-refractivity contribution in [1.82, 2.24) is 5.32 Å². The highest BCUT2D eigenvalue weighted by Crippen LogP contribution is 2.55. The molecule has 0 aliphatic heterocycles. The van der Waals surface area contributed by atoms with Crippen molar-refractivity contribution in [3.05, 3.63) is 35.9 Å². The highest BCUT2D eigenvalue weighted by molar-refractivity contribution is 5.67. The summed E-state index contributed by atoms with van der Waals surface area (Å²) >= 11 is 0. The van der Waals surface area contributed by atoms with Crippen molar-refractivity contribution in [1.29, 1.82) is 0 Å². The quantitative estimate of drug-likeness (QED) is 0.877. The van der Waals surface area contributed by atoms with Gasteiger partial charge in [0, 0.05) is 11.5 Å². The lowest BCUT2D eigenvalue weighted by Crippen LogP contribution is -2.60. The predicted octanol–water partition coefficient (Wildman–Crippen LogP) is 2.22. The number of nitrogens with one attached hydrogen (secondary N) is 1. The van der Waals surface area contributed by atoms with Gasteiger partial charge in [-0.3, -0.25) is 0 Å². The fourth-order valence-corrected chi connectivity index (χ4v) is 3.11. The number of carbonyl (C=O) groups is 1. The Morgan fingerprint density at radius 2 is 2.11 bits per heavy atom. The van der Waals surface area contributed by atoms with E-state index in [2.05, 4.69) is 5.32 Å². The van der Waals surface area contributed by atoms with Crippen LogP contribution >= 0.6 is 0 Å². The van der Waals surface area contributed by atoms with E-state index in [1.54, 1.807) is 0 Å². The van der Waals surface area contributed by atoms with E-state index in [0.29, 0.717) is 6.61 Å². The van der Waals surface area contributed by atoms with Crippen LogP contribution in [0.2, 0.25) is 0 Å². The van der Waals surface area contributed by atoms with E-state index < -0.39 is 0 Å². The number of aliphatic hydroxyl groups is 1. The van der Waals surface area contributed by atoms with Crippen LogP contribution < -0.4 is 5.32 Å². The first-order chi connectivity index (χ1) is 9.18. The minimum absolute atomic E-state index is 0.109. The molecule has 1 amide bonds. The lowest BCUT2D eigenvalue weighted by molar-refractivity contribution is -0.129. The van der Waals surface area contributed by atoms with Crippen LogP contribution in [0.5, 0.6) is 0 Å². The van der Waals surface area contributed by atoms with Crippen molar-refractivity contribution >= 4 is 6.09 Å². The summed E-state index contributed by atoms with van der Waals surface area (Å²) in [6.45, 7) is 0.299. The summed E-state index contributed by atoms with van der Waals surface area (Å²) in [5.74, 6) is 0. The Hall–Kier alpha value is -1.55. The summed E-state index contributed by atoms with van der Waals surface area (Å²) in [4.78, 5) is 11.6. The van der Waals surface area contributed by atoms with Gasteiger partial charge in [-0.1, -0.05) is 30.3 Å². The van der Waals surface area contributed by atoms with E-state index in [4.69, 9.17) is 4.74 Å². The van der Waals surface area contributed by atoms with E-state index in [-0.39, 0.29) is 23.7 Å². The molecule has 1 aromatic carbocycles. The molecule has 4 heteroatoms. The standard InChI is InChI=1S/C15H19NO3/c17-13-6-7-15(13)8-12(9-15)16-14(18)19-10-11-4-2-1-3-5-11/h1-5,12-13,17H,6-10H2,(H,16,18). The van der Waals surface area contributed by atoms with Crippen LogP contribution in [0.3, 0.4) is 0 Å². The molecule has 0 radical (unpaired) electrons. The van der Waals surface area contributed by atoms with Gasteiger partial charge in [0.05, 0.1) is 6.10 Å². The molecule has 0 aromatic heterocycles. The third-order valence-corrected chi connectivity index (χ3v) is 4.46. The fourth-order valence-electron chi connectivity index (χ4n) is 3.11. The topological polar surface area (TPSA) is 58.6 Å². The number of alkyl carbamates (subject to hydrolysis) is 1. The first-order valence-electron chi connectivity index (χ1n) is 6.83. The zero-order valence-corrected chi connectivity index (χ0v) is 10.8. The SMILES string of the molecule is O=C(NC1CC2(CCC2O)C1)OCc1ccccc1. The van der Waals surface area contributed by atoms with Gasteiger partial charge in [0.15, 0.2) is 0 Å². The highest BCUT2D eigenvalue weighted by Gasteiger charge is 2.55. The van der Waals surface area contributed by atoms with E-state index in [1.807, 2.05) is 30.3 Å². The van der Waals surface area contributed by atoms with Gasteiger partial charge in [0.1, 0.15) is 6.61 Å². The molecule has 2 aliphatic carbocycles. The maximum Gasteiger partial charge on any atom is 0.407 e. The van der Waals surface area contributed by atoms with Crippen LogP contribution in [0.15, 0.2) is 30.3 Å². The minimum Gasteiger partial charge on any atom is -0.445 e. The molecule has 1 aromatic rings. The molecule has 1 unspecified atom stereocenters. The monoisotopic (exact) mass is 261 g/mol. The molecule has 0 bridgehead atoms. The van der Waals surface area contributed by atoms with Gasteiger partial charge in [-0.25, -0.2) is 4.79 Å². The molecular weight excluding hydrogens is 242 g/mol. The van der Waals surface area contributed by atoms with E-state index in [1.165, 1.54) is 0 Å². The molecule has 3 rings (SSSR count). The van der Waals surface area contributed by atoms with E-state index in [9.17, 15) is 9.90 Å². The largest absolute Gasteiger partial charge is 0.445 e. The van der Waals surface area contributed by atoms with Crippen LogP contribution in [-0.4, -0.2) is 23.3 Å². The number of hydrogen-bond acceptors (Lipinski definition) is 3. The molecule has 1 atom stereocenters. The molecule has 4 nitrogen and oxygen atoms in total. The summed E-state index contributed by atoms with van der Waals surface area (Å²) in [5, 5.41) is 12.5. The van der Waals surface area contributed by atoms with E-state index >= 15 is 0 Å². The first-order valence-corrected chi connectivity index (χ1v) is 6.83. The first kappa shape index (κ1) is 12.5. The minimum atomic E-state index is -0.363. The zero-order valence-electron chi connectivity index (χ0n) is 10.8. The van der Waals surface area contributed by atoms with Crippen molar-refractivity contribution < 1.29 is 14.6 Å². The van der Waals surface area contributed by atoms with Crippen LogP contribution in [0.1, 0.15) is 31.2 Å². The summed E-state index contributed by atoms with van der Waals surface area (Å²) in [6, 6.07) is 9.79. The average molecular weight is 261 g/mol. The number of rotatable bonds is 3. The fraction of sp³-hybridized carbons (Fsp3) is 0.533. The van der Waals surface area contributed by atoms with Gasteiger partial charge in [-0.15, -0.1) is 0 Å². The summed E-state index contributed by atoms with van der Waals surface area (Å²) in [5.41, 5.74) is 1.09. The number of aliphatic hydroxyl groups excluding tert-OH is 1. The van der Waals surface area contributed by atoms with Crippen LogP contribution in [0.4, 0.5) is 4.79 Å². The molecule has 2 fully saturated rings. The molecule has 0 saturated heterocycles. The molecule has 2 N–H and O–H groups in total. The summed E-state index contributed by atoms with van der Waals surface area (Å²) in [7, 11) is 0. The second kappa shape index (κ2) is 4.85. The Balaban J connectivity index is 1.39. The van der Waals surface area contributed by atoms with E-state index in [0.717, 1.165) is 31.2 Å². The molecule has 2 aliphatic rings. The number of hydrogen-bond donors (Lipinski definition) is 2. The van der Waals surface area contributed by atoms with Crippen LogP contribution in [-0.2, 0) is 11.3 Å². The molecule has 0 heterocycles. The number of carbonyl (C=O) groups excluding carboxylic acids is 1. The van der Waals surface area contributed by atoms with Gasteiger partial charge in [-0.2, -0.15) is 0 Å². The van der Waals surface area contributed by atoms with Crippen molar-refractivity contribution in [2.45, 2.75) is 44.4 Å². The maximum atomic E-state index is 11.6. The lowest BCUT2D eigenvalue weighted by Gasteiger charge is -2.57. The second-order valence-electron chi connectivity index (χ2n) is 5.73. The molecular formula is C15H19NO3. The van der Waals surface area contributed by atoms with Crippen LogP contribution in [0.25, 0.3) is 0 Å². The Bertz CT molecular complexity index is 454. The third-order valence-electron chi connectivity index (χ3n) is 4.46. The highest BCUT2D eigenvalue weighted by atomic mass is 16.5. The summed E-state index contributed by atoms with van der Waals surface area (Å²) < 4.78 is 5.17. The molecule has 2 saturated carbocycles. The van der Waals surface area contributed by atoms with Crippen molar-refractivity contribution in [2.24, 2.45) is 5.41 Å². The average Bonchev–Trinajstić information content (AvgIpc) is 2.39. The predicted molar refractivity (Wildman–Crippen MR) is 70.5 cm³/mol. The van der Waals surface area contributed by atoms with Crippen molar-refractivity contribution in [2.75, 3.05) is 0 Å². The number of amides is 1. The Morgan fingerprint density at radius 1 is 1.37 bits per heavy atom. The van der Waals surface area contributed by atoms with Gasteiger partial charge in [-0.05, 0) is 31.2 Å². The smallest absolute Gasteiger partial charge is 0.407 e. The second-order valence-corrected chi connectivity index (χ2v) is 5.73. The van der Waals surface area contributed by atoms with Crippen molar-refractivity contribution in [3.8, 4) is 0 Å². The number of ether oxygens (including phenoxy) is 1. The Kier molecular flexibility index (Phi) is 3.19. The third kappa shape index (κ3) is 2.45. The van der Waals surface area contributed by atoms with Gasteiger partial charge in [0.2, 0.25) is 0 Å². The Morgan fingerprint density at radius 3 is 2.68 bits per heavy atom. The lowest BCUT2D eigenvalue weighted by atomic mass is 9.52. The molecule has 1 spiro atoms. The van der Waals surface area contributed by atoms with Crippen LogP contribution in [0, 0.1) is 5.41 Å². The van der Waals surface area contributed by atoms with Gasteiger partial charge < -0.3 is 15.2 Å². The Labute approximate surface area is 112 Å². The van der Waals surface area contributed by atoms with Crippen molar-refractivity contribution in [3.63, 3.8) is 0 Å². The van der Waals surface area contributed by atoms with Gasteiger partial charge >= 0.3 is 6.09 Å². The maximum absolute atomic E-state index is 11.6. The molecule has 19 heavy (non-hydrogen) atoms. The zero-order chi connectivity index (χ0) is 13.3. The molecule has 102 valence electrons. The van der Waals surface area contributed by atoms with Gasteiger partial charge in [0.25, 0.3) is 0 Å². The normalized spacial score (nSPS) is 32.3. The summed E-state index contributed by atoms with van der Waals surface area (Å²) in [6.07, 6.45) is 3.24. The number of benzene rings is 1.